The molecular weight excluding hydrogens is 200 g/mol. The minimum atomic E-state index is -0.737. The predicted octanol–water partition coefficient (Wildman–Crippen LogP) is 0.751. The summed E-state index contributed by atoms with van der Waals surface area (Å²) in [6, 6.07) is 0.0670. The summed E-state index contributed by atoms with van der Waals surface area (Å²) >= 11 is 1.72. The lowest BCUT2D eigenvalue weighted by atomic mass is 10.0. The first-order valence-corrected chi connectivity index (χ1v) is 5.93. The number of carbonyl (C=O) groups is 1. The summed E-state index contributed by atoms with van der Waals surface area (Å²) in [5.41, 5.74) is 12.0. The van der Waals surface area contributed by atoms with E-state index in [1.54, 1.807) is 11.8 Å². The van der Waals surface area contributed by atoms with E-state index in [2.05, 4.69) is 0 Å². The lowest BCUT2D eigenvalue weighted by Gasteiger charge is -2.27. The van der Waals surface area contributed by atoms with Crippen LogP contribution in [0.5, 0.6) is 0 Å². The van der Waals surface area contributed by atoms with Crippen LogP contribution in [-0.2, 0) is 4.79 Å². The number of hydrogen-bond donors (Lipinski definition) is 3. The SMILES string of the molecule is NC1CCSC1(N)CCCCC(=O)O. The monoisotopic (exact) mass is 218 g/mol. The van der Waals surface area contributed by atoms with Gasteiger partial charge in [0.15, 0.2) is 0 Å². The maximum atomic E-state index is 10.3. The maximum absolute atomic E-state index is 10.3. The number of unbranched alkanes of at least 4 members (excludes halogenated alkanes) is 1. The van der Waals surface area contributed by atoms with Crippen molar-refractivity contribution >= 4 is 17.7 Å². The molecule has 82 valence electrons. The topological polar surface area (TPSA) is 89.3 Å². The lowest BCUT2D eigenvalue weighted by Crippen LogP contribution is -2.49. The van der Waals surface area contributed by atoms with Crippen molar-refractivity contribution in [1.82, 2.24) is 0 Å². The summed E-state index contributed by atoms with van der Waals surface area (Å²) in [4.78, 5) is 9.97. The number of rotatable bonds is 5. The highest BCUT2D eigenvalue weighted by atomic mass is 32.2. The van der Waals surface area contributed by atoms with E-state index in [0.717, 1.165) is 25.0 Å². The van der Waals surface area contributed by atoms with Gasteiger partial charge >= 0.3 is 5.97 Å². The van der Waals surface area contributed by atoms with Gasteiger partial charge in [-0.25, -0.2) is 0 Å². The first-order valence-electron chi connectivity index (χ1n) is 4.95. The molecular formula is C9H18N2O2S. The molecule has 0 radical (unpaired) electrons. The first-order chi connectivity index (χ1) is 6.54. The Balaban J connectivity index is 2.20. The molecule has 0 saturated carbocycles. The molecule has 14 heavy (non-hydrogen) atoms. The molecule has 1 heterocycles. The molecule has 0 aromatic carbocycles. The highest BCUT2D eigenvalue weighted by molar-refractivity contribution is 8.00. The standard InChI is InChI=1S/C9H18N2O2S/c10-7-4-6-14-9(7,11)5-2-1-3-8(12)13/h7H,1-6,10-11H2,(H,12,13). The molecule has 1 aliphatic heterocycles. The van der Waals surface area contributed by atoms with E-state index in [1.165, 1.54) is 0 Å². The maximum Gasteiger partial charge on any atom is 0.303 e. The van der Waals surface area contributed by atoms with Gasteiger partial charge in [0.25, 0.3) is 0 Å². The van der Waals surface area contributed by atoms with Crippen LogP contribution < -0.4 is 11.5 Å². The van der Waals surface area contributed by atoms with Gasteiger partial charge in [-0.15, -0.1) is 11.8 Å². The van der Waals surface area contributed by atoms with Crippen molar-refractivity contribution in [3.8, 4) is 0 Å². The Morgan fingerprint density at radius 2 is 2.29 bits per heavy atom. The fourth-order valence-corrected chi connectivity index (χ4v) is 3.03. The number of carboxylic acid groups (broad SMARTS) is 1. The molecule has 0 aromatic rings. The molecule has 0 aliphatic carbocycles. The van der Waals surface area contributed by atoms with Crippen LogP contribution in [0.1, 0.15) is 32.1 Å². The number of thioether (sulfide) groups is 1. The number of aliphatic carboxylic acids is 1. The van der Waals surface area contributed by atoms with E-state index in [0.29, 0.717) is 6.42 Å². The highest BCUT2D eigenvalue weighted by Crippen LogP contribution is 2.36. The quantitative estimate of drug-likeness (QED) is 0.592. The van der Waals surface area contributed by atoms with E-state index in [1.807, 2.05) is 0 Å². The number of carboxylic acids is 1. The zero-order valence-corrected chi connectivity index (χ0v) is 9.05. The van der Waals surface area contributed by atoms with Gasteiger partial charge in [-0.1, -0.05) is 6.42 Å². The number of hydrogen-bond acceptors (Lipinski definition) is 4. The smallest absolute Gasteiger partial charge is 0.303 e. The van der Waals surface area contributed by atoms with Crippen LogP contribution >= 0.6 is 11.8 Å². The lowest BCUT2D eigenvalue weighted by molar-refractivity contribution is -0.137. The molecule has 0 spiro atoms. The molecule has 0 aromatic heterocycles. The second kappa shape index (κ2) is 5.00. The van der Waals surface area contributed by atoms with Crippen molar-refractivity contribution in [3.63, 3.8) is 0 Å². The van der Waals surface area contributed by atoms with Crippen molar-refractivity contribution in [1.29, 1.82) is 0 Å². The zero-order chi connectivity index (χ0) is 10.6. The van der Waals surface area contributed by atoms with Crippen molar-refractivity contribution in [2.45, 2.75) is 43.0 Å². The Labute approximate surface area is 88.4 Å². The highest BCUT2D eigenvalue weighted by Gasteiger charge is 2.37. The Morgan fingerprint density at radius 3 is 2.79 bits per heavy atom. The Hall–Kier alpha value is -0.260. The van der Waals surface area contributed by atoms with E-state index in [-0.39, 0.29) is 17.3 Å². The fourth-order valence-electron chi connectivity index (χ4n) is 1.66. The molecule has 1 aliphatic rings. The second-order valence-electron chi connectivity index (χ2n) is 3.80. The molecule has 5 N–H and O–H groups in total. The van der Waals surface area contributed by atoms with Gasteiger partial charge in [-0.2, -0.15) is 0 Å². The molecule has 1 saturated heterocycles. The van der Waals surface area contributed by atoms with Crippen LogP contribution in [0, 0.1) is 0 Å². The molecule has 1 rings (SSSR count). The van der Waals surface area contributed by atoms with E-state index in [4.69, 9.17) is 16.6 Å². The third-order valence-electron chi connectivity index (χ3n) is 2.64. The molecule has 2 unspecified atom stereocenters. The Morgan fingerprint density at radius 1 is 1.57 bits per heavy atom. The van der Waals surface area contributed by atoms with Gasteiger partial charge in [0, 0.05) is 12.5 Å². The van der Waals surface area contributed by atoms with Crippen LogP contribution in [0.3, 0.4) is 0 Å². The molecule has 1 fully saturated rings. The van der Waals surface area contributed by atoms with Gasteiger partial charge in [0.2, 0.25) is 0 Å². The molecule has 0 amide bonds. The zero-order valence-electron chi connectivity index (χ0n) is 8.24. The predicted molar refractivity (Wildman–Crippen MR) is 58.1 cm³/mol. The van der Waals surface area contributed by atoms with Crippen molar-refractivity contribution in [2.24, 2.45) is 11.5 Å². The van der Waals surface area contributed by atoms with E-state index >= 15 is 0 Å². The van der Waals surface area contributed by atoms with Crippen LogP contribution in [-0.4, -0.2) is 27.7 Å². The van der Waals surface area contributed by atoms with Crippen molar-refractivity contribution < 1.29 is 9.90 Å². The van der Waals surface area contributed by atoms with Crippen molar-refractivity contribution in [2.75, 3.05) is 5.75 Å². The summed E-state index contributed by atoms with van der Waals surface area (Å²) in [5.74, 6) is 0.288. The van der Waals surface area contributed by atoms with Gasteiger partial charge in [-0.3, -0.25) is 4.79 Å². The van der Waals surface area contributed by atoms with Crippen LogP contribution in [0.2, 0.25) is 0 Å². The van der Waals surface area contributed by atoms with Crippen molar-refractivity contribution in [3.05, 3.63) is 0 Å². The fraction of sp³-hybridized carbons (Fsp3) is 0.889. The normalized spacial score (nSPS) is 32.0. The summed E-state index contributed by atoms with van der Waals surface area (Å²) in [5, 5.41) is 8.46. The van der Waals surface area contributed by atoms with Crippen LogP contribution in [0.25, 0.3) is 0 Å². The van der Waals surface area contributed by atoms with Gasteiger partial charge in [-0.05, 0) is 25.0 Å². The second-order valence-corrected chi connectivity index (χ2v) is 5.26. The first kappa shape index (κ1) is 11.8. The summed E-state index contributed by atoms with van der Waals surface area (Å²) in [7, 11) is 0. The van der Waals surface area contributed by atoms with Crippen LogP contribution in [0.15, 0.2) is 0 Å². The summed E-state index contributed by atoms with van der Waals surface area (Å²) in [6.45, 7) is 0. The van der Waals surface area contributed by atoms with Gasteiger partial charge < -0.3 is 16.6 Å². The van der Waals surface area contributed by atoms with Gasteiger partial charge in [0.05, 0.1) is 4.87 Å². The average Bonchev–Trinajstić information content (AvgIpc) is 2.42. The largest absolute Gasteiger partial charge is 0.481 e. The average molecular weight is 218 g/mol. The minimum Gasteiger partial charge on any atom is -0.481 e. The minimum absolute atomic E-state index is 0.0670. The Kier molecular flexibility index (Phi) is 4.22. The number of nitrogens with two attached hydrogens (primary N) is 2. The molecule has 2 atom stereocenters. The van der Waals surface area contributed by atoms with Gasteiger partial charge in [0.1, 0.15) is 0 Å². The molecule has 4 nitrogen and oxygen atoms in total. The summed E-state index contributed by atoms with van der Waals surface area (Å²) < 4.78 is 0. The van der Waals surface area contributed by atoms with Crippen LogP contribution in [0.4, 0.5) is 0 Å². The van der Waals surface area contributed by atoms with E-state index in [9.17, 15) is 4.79 Å². The molecule has 0 bridgehead atoms. The van der Waals surface area contributed by atoms with E-state index < -0.39 is 5.97 Å². The third-order valence-corrected chi connectivity index (χ3v) is 4.12. The summed E-state index contributed by atoms with van der Waals surface area (Å²) in [6.07, 6.45) is 3.58. The molecule has 5 heteroatoms. The third kappa shape index (κ3) is 3.15. The Bertz CT molecular complexity index is 213.